The second-order valence-electron chi connectivity index (χ2n) is 2.70. The van der Waals surface area contributed by atoms with Crippen molar-refractivity contribution in [3.05, 3.63) is 0 Å². The number of rotatable bonds is 2. The van der Waals surface area contributed by atoms with E-state index in [0.29, 0.717) is 0 Å². The standard InChI is InChI=1S/C7H14O5/c1-10-6-4(8)3-12-7(11-2)5(6)9/h4-9H,3H2,1-2H3/t4-,5-,6+,7?/m1/s1. The predicted octanol–water partition coefficient (Wildman–Crippen LogP) is -1.27. The van der Waals surface area contributed by atoms with Crippen LogP contribution in [0.5, 0.6) is 0 Å². The van der Waals surface area contributed by atoms with Crippen LogP contribution in [0.25, 0.3) is 0 Å². The molecule has 0 aliphatic carbocycles. The molecule has 4 atom stereocenters. The van der Waals surface area contributed by atoms with E-state index in [1.165, 1.54) is 14.2 Å². The molecule has 1 aliphatic rings. The fraction of sp³-hybridized carbons (Fsp3) is 1.00. The molecule has 5 heteroatoms. The lowest BCUT2D eigenvalue weighted by Gasteiger charge is -2.36. The summed E-state index contributed by atoms with van der Waals surface area (Å²) < 4.78 is 14.7. The molecule has 0 saturated carbocycles. The van der Waals surface area contributed by atoms with E-state index in [4.69, 9.17) is 14.2 Å². The molecule has 1 fully saturated rings. The second kappa shape index (κ2) is 4.15. The summed E-state index contributed by atoms with van der Waals surface area (Å²) in [5, 5.41) is 18.8. The molecule has 5 nitrogen and oxygen atoms in total. The maximum atomic E-state index is 9.46. The van der Waals surface area contributed by atoms with Gasteiger partial charge in [-0.2, -0.15) is 0 Å². The van der Waals surface area contributed by atoms with Gasteiger partial charge in [0.2, 0.25) is 0 Å². The van der Waals surface area contributed by atoms with Gasteiger partial charge < -0.3 is 24.4 Å². The van der Waals surface area contributed by atoms with Crippen molar-refractivity contribution in [2.75, 3.05) is 20.8 Å². The molecule has 0 amide bonds. The molecule has 0 aromatic carbocycles. The summed E-state index contributed by atoms with van der Waals surface area (Å²) in [7, 11) is 2.85. The lowest BCUT2D eigenvalue weighted by molar-refractivity contribution is -0.266. The maximum absolute atomic E-state index is 9.46. The first-order valence-corrected chi connectivity index (χ1v) is 3.74. The van der Waals surface area contributed by atoms with Gasteiger partial charge in [0.15, 0.2) is 6.29 Å². The minimum absolute atomic E-state index is 0.119. The lowest BCUT2D eigenvalue weighted by atomic mass is 10.1. The highest BCUT2D eigenvalue weighted by atomic mass is 16.7. The summed E-state index contributed by atoms with van der Waals surface area (Å²) in [4.78, 5) is 0. The van der Waals surface area contributed by atoms with Crippen molar-refractivity contribution in [3.8, 4) is 0 Å². The third kappa shape index (κ3) is 1.75. The number of hydrogen-bond acceptors (Lipinski definition) is 5. The van der Waals surface area contributed by atoms with Crippen molar-refractivity contribution >= 4 is 0 Å². The first-order valence-electron chi connectivity index (χ1n) is 3.74. The van der Waals surface area contributed by atoms with E-state index in [9.17, 15) is 10.2 Å². The van der Waals surface area contributed by atoms with Crippen molar-refractivity contribution in [2.45, 2.75) is 24.6 Å². The van der Waals surface area contributed by atoms with E-state index < -0.39 is 24.6 Å². The third-order valence-corrected chi connectivity index (χ3v) is 1.93. The van der Waals surface area contributed by atoms with Gasteiger partial charge >= 0.3 is 0 Å². The van der Waals surface area contributed by atoms with Crippen molar-refractivity contribution in [1.82, 2.24) is 0 Å². The van der Waals surface area contributed by atoms with Crippen molar-refractivity contribution in [1.29, 1.82) is 0 Å². The monoisotopic (exact) mass is 178 g/mol. The molecule has 0 bridgehead atoms. The number of methoxy groups -OCH3 is 2. The van der Waals surface area contributed by atoms with Crippen LogP contribution in [0.2, 0.25) is 0 Å². The molecule has 12 heavy (non-hydrogen) atoms. The normalized spacial score (nSPS) is 43.0. The Kier molecular flexibility index (Phi) is 3.42. The minimum Gasteiger partial charge on any atom is -0.388 e. The fourth-order valence-corrected chi connectivity index (χ4v) is 1.27. The Hall–Kier alpha value is -0.200. The lowest BCUT2D eigenvalue weighted by Crippen LogP contribution is -2.54. The molecule has 2 N–H and O–H groups in total. The second-order valence-corrected chi connectivity index (χ2v) is 2.70. The van der Waals surface area contributed by atoms with Gasteiger partial charge in [0, 0.05) is 14.2 Å². The molecule has 72 valence electrons. The highest BCUT2D eigenvalue weighted by Crippen LogP contribution is 2.17. The highest BCUT2D eigenvalue weighted by Gasteiger charge is 2.38. The number of aliphatic hydroxyl groups excluding tert-OH is 2. The SMILES string of the molecule is COC1OC[C@@H](O)[C@H](OC)[C@H]1O. The summed E-state index contributed by atoms with van der Waals surface area (Å²) in [5.74, 6) is 0. The number of aliphatic hydroxyl groups is 2. The summed E-state index contributed by atoms with van der Waals surface area (Å²) in [5.41, 5.74) is 0. The van der Waals surface area contributed by atoms with Gasteiger partial charge in [-0.15, -0.1) is 0 Å². The smallest absolute Gasteiger partial charge is 0.185 e. The largest absolute Gasteiger partial charge is 0.388 e. The summed E-state index contributed by atoms with van der Waals surface area (Å²) in [6, 6.07) is 0. The topological polar surface area (TPSA) is 68.2 Å². The van der Waals surface area contributed by atoms with Crippen LogP contribution in [-0.4, -0.2) is 55.6 Å². The summed E-state index contributed by atoms with van der Waals surface area (Å²) in [6.07, 6.45) is -3.08. The van der Waals surface area contributed by atoms with E-state index >= 15 is 0 Å². The van der Waals surface area contributed by atoms with Crippen LogP contribution in [-0.2, 0) is 14.2 Å². The van der Waals surface area contributed by atoms with Gasteiger partial charge in [-0.25, -0.2) is 0 Å². The molecule has 1 rings (SSSR count). The molecule has 1 heterocycles. The first-order chi connectivity index (χ1) is 5.70. The van der Waals surface area contributed by atoms with E-state index in [1.54, 1.807) is 0 Å². The molecule has 1 aliphatic heterocycles. The van der Waals surface area contributed by atoms with Gasteiger partial charge in [-0.1, -0.05) is 0 Å². The zero-order chi connectivity index (χ0) is 9.14. The molecule has 1 saturated heterocycles. The fourth-order valence-electron chi connectivity index (χ4n) is 1.27. The molecule has 0 radical (unpaired) electrons. The summed E-state index contributed by atoms with van der Waals surface area (Å²) in [6.45, 7) is 0.119. The van der Waals surface area contributed by atoms with Crippen LogP contribution in [0.3, 0.4) is 0 Å². The zero-order valence-electron chi connectivity index (χ0n) is 7.14. The van der Waals surface area contributed by atoms with Crippen molar-refractivity contribution < 1.29 is 24.4 Å². The Bertz CT molecular complexity index is 140. The Morgan fingerprint density at radius 3 is 2.42 bits per heavy atom. The van der Waals surface area contributed by atoms with Gasteiger partial charge in [0.05, 0.1) is 6.61 Å². The zero-order valence-corrected chi connectivity index (χ0v) is 7.14. The van der Waals surface area contributed by atoms with Crippen LogP contribution in [0.15, 0.2) is 0 Å². The van der Waals surface area contributed by atoms with Crippen LogP contribution >= 0.6 is 0 Å². The number of hydrogen-bond donors (Lipinski definition) is 2. The minimum atomic E-state index is -0.941. The molecule has 1 unspecified atom stereocenters. The molecule has 0 aromatic heterocycles. The quantitative estimate of drug-likeness (QED) is 0.551. The Morgan fingerprint density at radius 2 is 1.92 bits per heavy atom. The average Bonchev–Trinajstić information content (AvgIpc) is 2.06. The van der Waals surface area contributed by atoms with Crippen LogP contribution in [0.1, 0.15) is 0 Å². The van der Waals surface area contributed by atoms with E-state index in [-0.39, 0.29) is 6.61 Å². The van der Waals surface area contributed by atoms with Gasteiger partial charge in [0.25, 0.3) is 0 Å². The summed E-state index contributed by atoms with van der Waals surface area (Å²) >= 11 is 0. The molecule has 0 aromatic rings. The van der Waals surface area contributed by atoms with E-state index in [2.05, 4.69) is 0 Å². The third-order valence-electron chi connectivity index (χ3n) is 1.93. The average molecular weight is 178 g/mol. The van der Waals surface area contributed by atoms with Gasteiger partial charge in [-0.05, 0) is 0 Å². The van der Waals surface area contributed by atoms with E-state index in [0.717, 1.165) is 0 Å². The van der Waals surface area contributed by atoms with Crippen LogP contribution < -0.4 is 0 Å². The van der Waals surface area contributed by atoms with Crippen LogP contribution in [0.4, 0.5) is 0 Å². The van der Waals surface area contributed by atoms with Crippen LogP contribution in [0, 0.1) is 0 Å². The number of ether oxygens (including phenoxy) is 3. The first kappa shape index (κ1) is 9.88. The highest BCUT2D eigenvalue weighted by molar-refractivity contribution is 4.83. The molecule has 0 spiro atoms. The maximum Gasteiger partial charge on any atom is 0.185 e. The van der Waals surface area contributed by atoms with Gasteiger partial charge in [0.1, 0.15) is 18.3 Å². The Labute approximate surface area is 70.9 Å². The van der Waals surface area contributed by atoms with Crippen molar-refractivity contribution in [2.24, 2.45) is 0 Å². The molecular weight excluding hydrogens is 164 g/mol. The predicted molar refractivity (Wildman–Crippen MR) is 39.6 cm³/mol. The Morgan fingerprint density at radius 1 is 1.25 bits per heavy atom. The van der Waals surface area contributed by atoms with E-state index in [1.807, 2.05) is 0 Å². The van der Waals surface area contributed by atoms with Crippen molar-refractivity contribution in [3.63, 3.8) is 0 Å². The Balaban J connectivity index is 2.56. The van der Waals surface area contributed by atoms with Gasteiger partial charge in [-0.3, -0.25) is 0 Å². The molecular formula is C7H14O5.